The van der Waals surface area contributed by atoms with Crippen LogP contribution < -0.4 is 22.9 Å². The van der Waals surface area contributed by atoms with Crippen molar-refractivity contribution in [3.8, 4) is 0 Å². The van der Waals surface area contributed by atoms with Gasteiger partial charge in [0, 0.05) is 38.7 Å². The lowest BCUT2D eigenvalue weighted by molar-refractivity contribution is -0.139. The highest BCUT2D eigenvalue weighted by Crippen LogP contribution is 1.95. The maximum Gasteiger partial charge on any atom is 0.320 e. The number of hydrogen-bond acceptors (Lipinski definition) is 8. The molecule has 0 aliphatic heterocycles. The average molecular weight is 449 g/mol. The highest BCUT2D eigenvalue weighted by Gasteiger charge is 2.12. The van der Waals surface area contributed by atoms with Crippen LogP contribution in [0.4, 0.5) is 0 Å². The molecule has 2 unspecified atom stereocenters. The molecule has 0 aliphatic rings. The monoisotopic (exact) mass is 449 g/mol. The Morgan fingerprint density at radius 1 is 1.00 bits per heavy atom. The fourth-order valence-corrected chi connectivity index (χ4v) is 1.36. The second-order valence-electron chi connectivity index (χ2n) is 5.66. The fourth-order valence-electron chi connectivity index (χ4n) is 1.36. The number of carboxylic acid groups (broad SMARTS) is 4. The van der Waals surface area contributed by atoms with Gasteiger partial charge in [-0.3, -0.25) is 24.2 Å². The molecule has 1 aromatic heterocycles. The largest absolute Gasteiger partial charge is 0.481 e. The summed E-state index contributed by atoms with van der Waals surface area (Å²) < 4.78 is 0. The van der Waals surface area contributed by atoms with Gasteiger partial charge in [-0.2, -0.15) is 0 Å². The molecule has 0 radical (unpaired) electrons. The van der Waals surface area contributed by atoms with Crippen LogP contribution in [0.3, 0.4) is 0 Å². The third-order valence-electron chi connectivity index (χ3n) is 2.60. The van der Waals surface area contributed by atoms with Crippen LogP contribution in [0.25, 0.3) is 0 Å². The Kier molecular flexibility index (Phi) is 20.2. The molecule has 2 atom stereocenters. The quantitative estimate of drug-likeness (QED) is 0.118. The van der Waals surface area contributed by atoms with Crippen LogP contribution in [0.1, 0.15) is 32.4 Å². The van der Waals surface area contributed by atoms with E-state index in [0.717, 1.165) is 19.5 Å². The smallest absolute Gasteiger partial charge is 0.320 e. The summed E-state index contributed by atoms with van der Waals surface area (Å²) in [5, 5.41) is 31.6. The Balaban J connectivity index is -0.000000378. The summed E-state index contributed by atoms with van der Waals surface area (Å²) in [6, 6.07) is -1.67. The molecule has 15 heteroatoms. The Bertz CT molecular complexity index is 656. The SMILES string of the molecule is CC(=O)O.CC(=O)O.NC(Cc1cnc[nH]1)C(=O)O.NC(N)=NCCCC(N)C(=O)O. The molecule has 0 saturated carbocycles. The molecule has 0 amide bonds. The van der Waals surface area contributed by atoms with E-state index < -0.39 is 36.0 Å². The number of guanidine groups is 1. The van der Waals surface area contributed by atoms with Gasteiger partial charge in [-0.25, -0.2) is 4.98 Å². The molecule has 178 valence electrons. The van der Waals surface area contributed by atoms with Crippen LogP contribution in [0.2, 0.25) is 0 Å². The normalized spacial score (nSPS) is 10.8. The lowest BCUT2D eigenvalue weighted by Gasteiger charge is -2.03. The molecule has 13 N–H and O–H groups in total. The Labute approximate surface area is 178 Å². The maximum atomic E-state index is 10.3. The minimum Gasteiger partial charge on any atom is -0.481 e. The summed E-state index contributed by atoms with van der Waals surface area (Å²) in [6.07, 6.45) is 4.29. The van der Waals surface area contributed by atoms with E-state index in [0.29, 0.717) is 19.4 Å². The third kappa shape index (κ3) is 31.2. The highest BCUT2D eigenvalue weighted by molar-refractivity contribution is 5.75. The summed E-state index contributed by atoms with van der Waals surface area (Å²) in [4.78, 5) is 48.7. The highest BCUT2D eigenvalue weighted by atomic mass is 16.4. The first kappa shape index (κ1) is 32.0. The van der Waals surface area contributed by atoms with Crippen molar-refractivity contribution in [3.05, 3.63) is 18.2 Å². The van der Waals surface area contributed by atoms with Crippen LogP contribution in [0.5, 0.6) is 0 Å². The molecule has 0 saturated heterocycles. The van der Waals surface area contributed by atoms with E-state index in [9.17, 15) is 9.59 Å². The van der Waals surface area contributed by atoms with Crippen LogP contribution in [-0.2, 0) is 25.6 Å². The van der Waals surface area contributed by atoms with Crippen LogP contribution in [0.15, 0.2) is 17.5 Å². The lowest BCUT2D eigenvalue weighted by Crippen LogP contribution is -2.32. The van der Waals surface area contributed by atoms with Gasteiger partial charge >= 0.3 is 11.9 Å². The minimum absolute atomic E-state index is 0.0129. The summed E-state index contributed by atoms with van der Waals surface area (Å²) >= 11 is 0. The van der Waals surface area contributed by atoms with Crippen molar-refractivity contribution in [1.82, 2.24) is 9.97 Å². The number of aliphatic imine (C=N–C) groups is 1. The first-order valence-electron chi connectivity index (χ1n) is 8.59. The number of nitrogens with two attached hydrogens (primary N) is 4. The van der Waals surface area contributed by atoms with Gasteiger partial charge in [0.1, 0.15) is 12.1 Å². The van der Waals surface area contributed by atoms with E-state index in [1.807, 2.05) is 0 Å². The molecule has 1 aromatic rings. The van der Waals surface area contributed by atoms with Crippen molar-refractivity contribution in [2.45, 2.75) is 45.2 Å². The van der Waals surface area contributed by atoms with Gasteiger partial charge < -0.3 is 48.3 Å². The molecule has 15 nitrogen and oxygen atoms in total. The van der Waals surface area contributed by atoms with E-state index >= 15 is 0 Å². The van der Waals surface area contributed by atoms with Crippen molar-refractivity contribution in [3.63, 3.8) is 0 Å². The number of nitrogens with zero attached hydrogens (tertiary/aromatic N) is 2. The number of hydrogen-bond donors (Lipinski definition) is 9. The molecule has 31 heavy (non-hydrogen) atoms. The van der Waals surface area contributed by atoms with Gasteiger partial charge in [0.05, 0.1) is 6.33 Å². The number of rotatable bonds is 8. The van der Waals surface area contributed by atoms with E-state index in [2.05, 4.69) is 15.0 Å². The predicted molar refractivity (Wildman–Crippen MR) is 110 cm³/mol. The second kappa shape index (κ2) is 19.6. The Morgan fingerprint density at radius 2 is 1.45 bits per heavy atom. The average Bonchev–Trinajstić information content (AvgIpc) is 3.10. The van der Waals surface area contributed by atoms with Crippen molar-refractivity contribution in [2.24, 2.45) is 27.9 Å². The number of carbonyl (C=O) groups is 4. The predicted octanol–water partition coefficient (Wildman–Crippen LogP) is -2.00. The van der Waals surface area contributed by atoms with Crippen molar-refractivity contribution in [1.29, 1.82) is 0 Å². The summed E-state index contributed by atoms with van der Waals surface area (Å²) in [6.45, 7) is 2.59. The zero-order valence-corrected chi connectivity index (χ0v) is 17.3. The van der Waals surface area contributed by atoms with Crippen LogP contribution in [-0.4, -0.2) is 78.9 Å². The van der Waals surface area contributed by atoms with Gasteiger partial charge in [-0.1, -0.05) is 0 Å². The first-order chi connectivity index (χ1) is 14.2. The van der Waals surface area contributed by atoms with E-state index in [4.69, 9.17) is 52.9 Å². The topological polar surface area (TPSA) is 294 Å². The number of nitrogens with one attached hydrogen (secondary N) is 1. The van der Waals surface area contributed by atoms with E-state index in [1.54, 1.807) is 6.20 Å². The molecule has 0 fully saturated rings. The molecule has 0 bridgehead atoms. The summed E-state index contributed by atoms with van der Waals surface area (Å²) in [5.74, 6) is -3.65. The standard InChI is InChI=1S/C6H14N4O2.C6H9N3O2.2C2H4O2/c7-4(5(11)12)2-1-3-10-6(8)9;7-5(6(10)11)1-4-2-8-3-9-4;2*1-2(3)4/h4H,1-3,7H2,(H,11,12)(H4,8,9,10);2-3,5H,1,7H2,(H,8,9)(H,10,11);2*1H3,(H,3,4). The van der Waals surface area contributed by atoms with Gasteiger partial charge in [-0.15, -0.1) is 0 Å². The van der Waals surface area contributed by atoms with Gasteiger partial charge in [0.15, 0.2) is 5.96 Å². The van der Waals surface area contributed by atoms with Crippen molar-refractivity contribution >= 4 is 29.8 Å². The van der Waals surface area contributed by atoms with Crippen molar-refractivity contribution < 1.29 is 39.6 Å². The molecule has 1 rings (SSSR count). The maximum absolute atomic E-state index is 10.3. The number of aliphatic carboxylic acids is 4. The minimum atomic E-state index is -1.00. The van der Waals surface area contributed by atoms with Gasteiger partial charge in [0.25, 0.3) is 11.9 Å². The third-order valence-corrected chi connectivity index (χ3v) is 2.60. The fraction of sp³-hybridized carbons (Fsp3) is 0.500. The molecular weight excluding hydrogens is 418 g/mol. The Hall–Kier alpha value is -3.72. The Morgan fingerprint density at radius 3 is 1.77 bits per heavy atom. The zero-order valence-electron chi connectivity index (χ0n) is 17.3. The van der Waals surface area contributed by atoms with Gasteiger partial charge in [0.2, 0.25) is 0 Å². The van der Waals surface area contributed by atoms with Gasteiger partial charge in [-0.05, 0) is 12.8 Å². The first-order valence-corrected chi connectivity index (χ1v) is 8.59. The zero-order chi connectivity index (χ0) is 25.0. The number of carboxylic acids is 4. The van der Waals surface area contributed by atoms with Crippen LogP contribution in [0, 0.1) is 0 Å². The molecular formula is C16H31N7O8. The molecule has 0 spiro atoms. The number of imidazole rings is 1. The summed E-state index contributed by atoms with van der Waals surface area (Å²) in [5.41, 5.74) is 21.3. The van der Waals surface area contributed by atoms with E-state index in [-0.39, 0.29) is 12.4 Å². The van der Waals surface area contributed by atoms with Crippen LogP contribution >= 0.6 is 0 Å². The van der Waals surface area contributed by atoms with E-state index in [1.165, 1.54) is 6.33 Å². The molecule has 0 aromatic carbocycles. The summed E-state index contributed by atoms with van der Waals surface area (Å²) in [7, 11) is 0. The second-order valence-corrected chi connectivity index (χ2v) is 5.66. The number of H-pyrrole nitrogens is 1. The molecule has 0 aliphatic carbocycles. The molecule has 1 heterocycles. The number of aromatic amines is 1. The lowest BCUT2D eigenvalue weighted by atomic mass is 10.2. The van der Waals surface area contributed by atoms with Crippen molar-refractivity contribution in [2.75, 3.05) is 6.54 Å². The number of aromatic nitrogens is 2.